The van der Waals surface area contributed by atoms with Gasteiger partial charge in [-0.05, 0) is 29.9 Å². The molecule has 0 bridgehead atoms. The van der Waals surface area contributed by atoms with Crippen LogP contribution in [0.5, 0.6) is 0 Å². The maximum Gasteiger partial charge on any atom is 0.0578 e. The molecular formula is C13H14OS. The van der Waals surface area contributed by atoms with E-state index in [0.717, 1.165) is 6.42 Å². The predicted octanol–water partition coefficient (Wildman–Crippen LogP) is 3.39. The molecule has 0 amide bonds. The molecule has 1 N–H and O–H groups in total. The number of thiophene rings is 1. The molecule has 1 saturated carbocycles. The fourth-order valence-corrected chi connectivity index (χ4v) is 3.62. The van der Waals surface area contributed by atoms with E-state index >= 15 is 0 Å². The molecule has 1 aliphatic rings. The minimum Gasteiger partial charge on any atom is -0.393 e. The first kappa shape index (κ1) is 9.37. The lowest BCUT2D eigenvalue weighted by molar-refractivity contribution is 0.0130. The van der Waals surface area contributed by atoms with Crippen molar-refractivity contribution in [2.24, 2.45) is 5.92 Å². The topological polar surface area (TPSA) is 20.2 Å². The monoisotopic (exact) mass is 218 g/mol. The van der Waals surface area contributed by atoms with Gasteiger partial charge >= 0.3 is 0 Å². The summed E-state index contributed by atoms with van der Waals surface area (Å²) >= 11 is 1.88. The third-order valence-corrected chi connectivity index (χ3v) is 4.80. The lowest BCUT2D eigenvalue weighted by Crippen LogP contribution is -2.36. The summed E-state index contributed by atoms with van der Waals surface area (Å²) in [4.78, 5) is 1.44. The van der Waals surface area contributed by atoms with E-state index in [0.29, 0.717) is 11.8 Å². The molecule has 1 nitrogen and oxygen atoms in total. The van der Waals surface area contributed by atoms with Gasteiger partial charge in [0.05, 0.1) is 6.10 Å². The molecule has 2 aromatic rings. The van der Waals surface area contributed by atoms with Crippen LogP contribution in [0.25, 0.3) is 10.1 Å². The first-order valence-electron chi connectivity index (χ1n) is 5.42. The maximum atomic E-state index is 9.53. The highest BCUT2D eigenvalue weighted by Gasteiger charge is 2.37. The molecule has 0 spiro atoms. The highest BCUT2D eigenvalue weighted by molar-refractivity contribution is 7.19. The first-order chi connectivity index (χ1) is 7.25. The minimum absolute atomic E-state index is 0.0831. The summed E-state index contributed by atoms with van der Waals surface area (Å²) in [7, 11) is 0. The second-order valence-electron chi connectivity index (χ2n) is 4.46. The molecule has 15 heavy (non-hydrogen) atoms. The molecule has 1 aliphatic carbocycles. The van der Waals surface area contributed by atoms with E-state index in [9.17, 15) is 5.11 Å². The van der Waals surface area contributed by atoms with Crippen LogP contribution in [0.4, 0.5) is 0 Å². The largest absolute Gasteiger partial charge is 0.393 e. The number of fused-ring (bicyclic) bond motifs is 1. The number of hydrogen-bond donors (Lipinski definition) is 1. The fourth-order valence-electron chi connectivity index (χ4n) is 2.32. The molecule has 0 aliphatic heterocycles. The van der Waals surface area contributed by atoms with Gasteiger partial charge in [-0.15, -0.1) is 11.3 Å². The van der Waals surface area contributed by atoms with Gasteiger partial charge in [-0.25, -0.2) is 0 Å². The standard InChI is InChI=1S/C13H14OS/c1-8-10(7-11(8)14)13-6-9-4-2-3-5-12(9)15-13/h2-6,8,10-11,14H,7H2,1H3. The summed E-state index contributed by atoms with van der Waals surface area (Å²) in [5.41, 5.74) is 0. The summed E-state index contributed by atoms with van der Waals surface area (Å²) in [6, 6.07) is 10.8. The summed E-state index contributed by atoms with van der Waals surface area (Å²) in [6.45, 7) is 2.14. The number of rotatable bonds is 1. The Bertz CT molecular complexity index is 455. The summed E-state index contributed by atoms with van der Waals surface area (Å²) < 4.78 is 1.36. The summed E-state index contributed by atoms with van der Waals surface area (Å²) in [6.07, 6.45) is 0.855. The number of aliphatic hydroxyl groups excluding tert-OH is 1. The van der Waals surface area contributed by atoms with E-state index in [2.05, 4.69) is 37.3 Å². The molecule has 3 unspecified atom stereocenters. The van der Waals surface area contributed by atoms with Crippen LogP contribution in [0.1, 0.15) is 24.1 Å². The molecule has 3 rings (SSSR count). The molecule has 1 aromatic heterocycles. The minimum atomic E-state index is -0.0831. The fraction of sp³-hybridized carbons (Fsp3) is 0.385. The van der Waals surface area contributed by atoms with Gasteiger partial charge in [0.2, 0.25) is 0 Å². The van der Waals surface area contributed by atoms with Gasteiger partial charge in [0.25, 0.3) is 0 Å². The van der Waals surface area contributed by atoms with Crippen molar-refractivity contribution in [2.45, 2.75) is 25.4 Å². The van der Waals surface area contributed by atoms with Crippen LogP contribution in [0, 0.1) is 5.92 Å². The Morgan fingerprint density at radius 2 is 2.13 bits per heavy atom. The zero-order valence-corrected chi connectivity index (χ0v) is 9.50. The normalized spacial score (nSPS) is 30.4. The molecule has 2 heteroatoms. The third-order valence-electron chi connectivity index (χ3n) is 3.55. The van der Waals surface area contributed by atoms with Gasteiger partial charge in [0, 0.05) is 15.5 Å². The Balaban J connectivity index is 1.99. The molecule has 0 saturated heterocycles. The lowest BCUT2D eigenvalue weighted by atomic mass is 9.71. The van der Waals surface area contributed by atoms with Crippen LogP contribution in [0.15, 0.2) is 30.3 Å². The van der Waals surface area contributed by atoms with Crippen LogP contribution in [0.2, 0.25) is 0 Å². The smallest absolute Gasteiger partial charge is 0.0578 e. The van der Waals surface area contributed by atoms with Crippen LogP contribution in [0.3, 0.4) is 0 Å². The lowest BCUT2D eigenvalue weighted by Gasteiger charge is -2.38. The molecule has 78 valence electrons. The number of benzene rings is 1. The van der Waals surface area contributed by atoms with Crippen molar-refractivity contribution in [1.29, 1.82) is 0 Å². The van der Waals surface area contributed by atoms with Crippen LogP contribution in [-0.4, -0.2) is 11.2 Å². The highest BCUT2D eigenvalue weighted by Crippen LogP contribution is 2.46. The van der Waals surface area contributed by atoms with Gasteiger partial charge in [-0.2, -0.15) is 0 Å². The Kier molecular flexibility index (Phi) is 2.08. The van der Waals surface area contributed by atoms with Crippen LogP contribution < -0.4 is 0 Å². The zero-order chi connectivity index (χ0) is 10.4. The third kappa shape index (κ3) is 1.40. The second-order valence-corrected chi connectivity index (χ2v) is 5.57. The van der Waals surface area contributed by atoms with Crippen molar-refractivity contribution in [3.8, 4) is 0 Å². The van der Waals surface area contributed by atoms with Gasteiger partial charge in [-0.3, -0.25) is 0 Å². The van der Waals surface area contributed by atoms with Crippen molar-refractivity contribution in [3.63, 3.8) is 0 Å². The van der Waals surface area contributed by atoms with E-state index in [-0.39, 0.29) is 6.10 Å². The van der Waals surface area contributed by atoms with E-state index < -0.39 is 0 Å². The van der Waals surface area contributed by atoms with Crippen molar-refractivity contribution in [1.82, 2.24) is 0 Å². The molecule has 1 aromatic carbocycles. The van der Waals surface area contributed by atoms with E-state index in [4.69, 9.17) is 0 Å². The highest BCUT2D eigenvalue weighted by atomic mass is 32.1. The molecule has 1 heterocycles. The Morgan fingerprint density at radius 1 is 1.33 bits per heavy atom. The predicted molar refractivity (Wildman–Crippen MR) is 64.4 cm³/mol. The summed E-state index contributed by atoms with van der Waals surface area (Å²) in [5, 5.41) is 10.9. The van der Waals surface area contributed by atoms with E-state index in [1.165, 1.54) is 15.0 Å². The second kappa shape index (κ2) is 3.32. The van der Waals surface area contributed by atoms with Crippen LogP contribution >= 0.6 is 11.3 Å². The van der Waals surface area contributed by atoms with Gasteiger partial charge < -0.3 is 5.11 Å². The van der Waals surface area contributed by atoms with Gasteiger partial charge in [0.1, 0.15) is 0 Å². The van der Waals surface area contributed by atoms with Gasteiger partial charge in [0.15, 0.2) is 0 Å². The van der Waals surface area contributed by atoms with Crippen molar-refractivity contribution >= 4 is 21.4 Å². The Morgan fingerprint density at radius 3 is 2.80 bits per heavy atom. The quantitative estimate of drug-likeness (QED) is 0.778. The van der Waals surface area contributed by atoms with Crippen molar-refractivity contribution in [3.05, 3.63) is 35.2 Å². The average Bonchev–Trinajstić information content (AvgIpc) is 2.67. The van der Waals surface area contributed by atoms with Crippen molar-refractivity contribution < 1.29 is 5.11 Å². The Hall–Kier alpha value is -0.860. The van der Waals surface area contributed by atoms with Gasteiger partial charge in [-0.1, -0.05) is 25.1 Å². The number of hydrogen-bond acceptors (Lipinski definition) is 2. The molecule has 1 fully saturated rings. The SMILES string of the molecule is CC1C(O)CC1c1cc2ccccc2s1. The maximum absolute atomic E-state index is 9.53. The molecular weight excluding hydrogens is 204 g/mol. The van der Waals surface area contributed by atoms with E-state index in [1.807, 2.05) is 11.3 Å². The van der Waals surface area contributed by atoms with Crippen molar-refractivity contribution in [2.75, 3.05) is 0 Å². The zero-order valence-electron chi connectivity index (χ0n) is 8.68. The average molecular weight is 218 g/mol. The molecule has 3 atom stereocenters. The molecule has 0 radical (unpaired) electrons. The number of aliphatic hydroxyl groups is 1. The van der Waals surface area contributed by atoms with E-state index in [1.54, 1.807) is 0 Å². The van der Waals surface area contributed by atoms with Crippen LogP contribution in [-0.2, 0) is 0 Å². The summed E-state index contributed by atoms with van der Waals surface area (Å²) in [5.74, 6) is 1.01. The Labute approximate surface area is 93.4 Å². The first-order valence-corrected chi connectivity index (χ1v) is 6.24.